The fraction of sp³-hybridized carbons (Fsp3) is 0.447. The van der Waals surface area contributed by atoms with Gasteiger partial charge in [-0.2, -0.15) is 0 Å². The van der Waals surface area contributed by atoms with Crippen molar-refractivity contribution in [2.24, 2.45) is 9.98 Å². The number of aromatic amines is 1. The van der Waals surface area contributed by atoms with Crippen LogP contribution in [0, 0.1) is 0 Å². The van der Waals surface area contributed by atoms with Crippen LogP contribution in [0.3, 0.4) is 0 Å². The van der Waals surface area contributed by atoms with Crippen molar-refractivity contribution in [2.45, 2.75) is 107 Å². The van der Waals surface area contributed by atoms with Gasteiger partial charge in [0, 0.05) is 19.2 Å². The van der Waals surface area contributed by atoms with Crippen molar-refractivity contribution in [3.05, 3.63) is 79.0 Å². The number of nitrogens with zero attached hydrogens (tertiary/aromatic N) is 4. The van der Waals surface area contributed by atoms with Gasteiger partial charge in [-0.15, -0.1) is 0 Å². The number of hydrogen-bond donors (Lipinski definition) is 1. The lowest BCUT2D eigenvalue weighted by molar-refractivity contribution is -0.103. The molecule has 2 aromatic heterocycles. The molecule has 44 heavy (non-hydrogen) atoms. The van der Waals surface area contributed by atoms with E-state index in [1.54, 1.807) is 0 Å². The first kappa shape index (κ1) is 30.1. The molecule has 10 bridgehead atoms. The highest BCUT2D eigenvalue weighted by atomic mass is 16.1. The van der Waals surface area contributed by atoms with Crippen LogP contribution >= 0.6 is 0 Å². The van der Waals surface area contributed by atoms with E-state index >= 15 is 0 Å². The van der Waals surface area contributed by atoms with Crippen molar-refractivity contribution >= 4 is 40.2 Å². The van der Waals surface area contributed by atoms with Crippen molar-refractivity contribution in [1.29, 1.82) is 0 Å². The minimum atomic E-state index is 0.714. The van der Waals surface area contributed by atoms with Crippen LogP contribution in [-0.4, -0.2) is 39.2 Å². The highest BCUT2D eigenvalue weighted by Crippen LogP contribution is 2.43. The normalized spacial score (nSPS) is 17.3. The third kappa shape index (κ3) is 3.95. The van der Waals surface area contributed by atoms with E-state index in [9.17, 15) is 4.79 Å². The maximum Gasteiger partial charge on any atom is 0.154 e. The Morgan fingerprint density at radius 2 is 1.27 bits per heavy atom. The van der Waals surface area contributed by atoms with Gasteiger partial charge in [0.05, 0.1) is 61.9 Å². The number of carbonyl (C=O) groups is 1. The second-order valence-electron chi connectivity index (χ2n) is 12.0. The van der Waals surface area contributed by atoms with Gasteiger partial charge in [-0.1, -0.05) is 48.5 Å². The molecule has 0 saturated carbocycles. The molecule has 4 aliphatic rings. The van der Waals surface area contributed by atoms with Gasteiger partial charge < -0.3 is 14.5 Å². The monoisotopic (exact) mass is 589 g/mol. The first-order valence-corrected chi connectivity index (χ1v) is 16.9. The molecule has 2 aromatic rings. The zero-order valence-corrected chi connectivity index (χ0v) is 28.1. The smallest absolute Gasteiger partial charge is 0.154 e. The third-order valence-corrected chi connectivity index (χ3v) is 10.1. The molecule has 6 rings (SSSR count). The van der Waals surface area contributed by atoms with E-state index in [-0.39, 0.29) is 0 Å². The van der Waals surface area contributed by atoms with E-state index in [1.165, 1.54) is 50.0 Å². The fourth-order valence-electron chi connectivity index (χ4n) is 8.31. The summed E-state index contributed by atoms with van der Waals surface area (Å²) >= 11 is 0. The van der Waals surface area contributed by atoms with Crippen LogP contribution in [0.2, 0.25) is 0 Å². The molecule has 0 aromatic carbocycles. The molecule has 6 nitrogen and oxygen atoms in total. The Morgan fingerprint density at radius 3 is 1.82 bits per heavy atom. The summed E-state index contributed by atoms with van der Waals surface area (Å²) in [4.78, 5) is 30.5. The Labute approximate surface area is 262 Å². The number of H-pyrrole nitrogens is 1. The standard InChI is InChI=1S/C38H47N5O/c1-10-21-22(11-2)33-38-34-24(13-4)23(12-3)32(41-34)37(42(38)9)30-19-18-29(39-30)27(16-7)35-25(14-5)26(15-6)36(43(35)17-8)28(20-44)31(21)40-33/h18-20,41H,10-17H2,1-9H3. The van der Waals surface area contributed by atoms with Crippen molar-refractivity contribution in [1.82, 2.24) is 14.5 Å². The number of aromatic nitrogens is 2. The number of fused-ring (bicyclic) bond motifs is 10. The molecule has 230 valence electrons. The molecule has 1 N–H and O–H groups in total. The van der Waals surface area contributed by atoms with E-state index in [0.29, 0.717) is 5.57 Å². The Kier molecular flexibility index (Phi) is 7.89. The minimum absolute atomic E-state index is 0.714. The zero-order valence-electron chi connectivity index (χ0n) is 28.1. The Bertz CT molecular complexity index is 1910. The van der Waals surface area contributed by atoms with Crippen LogP contribution in [0.15, 0.2) is 44.7 Å². The molecule has 6 heterocycles. The van der Waals surface area contributed by atoms with Crippen LogP contribution in [0.4, 0.5) is 0 Å². The third-order valence-electron chi connectivity index (χ3n) is 10.1. The van der Waals surface area contributed by atoms with Gasteiger partial charge in [-0.3, -0.25) is 4.79 Å². The highest BCUT2D eigenvalue weighted by Gasteiger charge is 2.36. The van der Waals surface area contributed by atoms with Gasteiger partial charge >= 0.3 is 0 Å². The van der Waals surface area contributed by atoms with Crippen LogP contribution < -0.4 is 10.7 Å². The molecular weight excluding hydrogens is 542 g/mol. The Balaban J connectivity index is 1.90. The van der Waals surface area contributed by atoms with Gasteiger partial charge in [0.25, 0.3) is 0 Å². The minimum Gasteiger partial charge on any atom is -0.352 e. The van der Waals surface area contributed by atoms with Crippen molar-refractivity contribution < 1.29 is 4.79 Å². The largest absolute Gasteiger partial charge is 0.352 e. The number of nitrogens with one attached hydrogen (secondary N) is 1. The summed E-state index contributed by atoms with van der Waals surface area (Å²) < 4.78 is 2.40. The van der Waals surface area contributed by atoms with Crippen LogP contribution in [0.5, 0.6) is 0 Å². The topological polar surface area (TPSA) is 65.8 Å². The maximum atomic E-state index is 13.4. The zero-order chi connectivity index (χ0) is 31.4. The summed E-state index contributed by atoms with van der Waals surface area (Å²) in [6, 6.07) is 0. The van der Waals surface area contributed by atoms with Gasteiger partial charge in [-0.25, -0.2) is 9.98 Å². The molecule has 0 amide bonds. The highest BCUT2D eigenvalue weighted by molar-refractivity contribution is 6.35. The lowest BCUT2D eigenvalue weighted by atomic mass is 9.93. The average Bonchev–Trinajstić information content (AvgIpc) is 3.80. The molecule has 0 fully saturated rings. The lowest BCUT2D eigenvalue weighted by Gasteiger charge is -2.27. The van der Waals surface area contributed by atoms with E-state index in [2.05, 4.69) is 89.0 Å². The van der Waals surface area contributed by atoms with Crippen LogP contribution in [0.1, 0.15) is 108 Å². The first-order chi connectivity index (χ1) is 21.4. The quantitative estimate of drug-likeness (QED) is 0.265. The number of aldehydes is 1. The number of hydrogen-bond acceptors (Lipinski definition) is 4. The summed E-state index contributed by atoms with van der Waals surface area (Å²) in [5, 5.41) is 2.32. The number of aliphatic imine (C=N–C) groups is 2. The molecule has 4 aliphatic heterocycles. The molecule has 0 spiro atoms. The van der Waals surface area contributed by atoms with E-state index in [0.717, 1.165) is 103 Å². The lowest BCUT2D eigenvalue weighted by Crippen LogP contribution is -2.39. The molecule has 0 atom stereocenters. The summed E-state index contributed by atoms with van der Waals surface area (Å²) in [5.41, 5.74) is 18.0. The number of rotatable bonds is 9. The van der Waals surface area contributed by atoms with Gasteiger partial charge in [0.2, 0.25) is 0 Å². The van der Waals surface area contributed by atoms with Gasteiger partial charge in [0.1, 0.15) is 0 Å². The number of carbonyl (C=O) groups excluding carboxylic acids is 1. The predicted octanol–water partition coefficient (Wildman–Crippen LogP) is 6.57. The fourth-order valence-corrected chi connectivity index (χ4v) is 8.31. The second-order valence-corrected chi connectivity index (χ2v) is 12.0. The van der Waals surface area contributed by atoms with Crippen LogP contribution in [0.25, 0.3) is 22.5 Å². The molecule has 0 unspecified atom stereocenters. The predicted molar refractivity (Wildman–Crippen MR) is 184 cm³/mol. The van der Waals surface area contributed by atoms with Crippen LogP contribution in [-0.2, 0) is 37.0 Å². The molecule has 0 saturated heterocycles. The summed E-state index contributed by atoms with van der Waals surface area (Å²) in [7, 11) is 2.17. The van der Waals surface area contributed by atoms with Gasteiger partial charge in [0.15, 0.2) is 6.29 Å². The summed E-state index contributed by atoms with van der Waals surface area (Å²) in [6.45, 7) is 18.6. The maximum absolute atomic E-state index is 13.4. The van der Waals surface area contributed by atoms with Crippen molar-refractivity contribution in [2.75, 3.05) is 7.05 Å². The number of allylic oxidation sites excluding steroid dienone is 4. The Hall–Kier alpha value is -3.93. The van der Waals surface area contributed by atoms with E-state index in [4.69, 9.17) is 9.98 Å². The van der Waals surface area contributed by atoms with Crippen molar-refractivity contribution in [3.8, 4) is 0 Å². The molecule has 0 radical (unpaired) electrons. The second kappa shape index (κ2) is 11.5. The van der Waals surface area contributed by atoms with E-state index < -0.39 is 0 Å². The molecular formula is C38H47N5O. The Morgan fingerprint density at radius 1 is 0.682 bits per heavy atom. The molecule has 6 heteroatoms. The van der Waals surface area contributed by atoms with Gasteiger partial charge in [-0.05, 0) is 97.4 Å². The van der Waals surface area contributed by atoms with E-state index in [1.807, 2.05) is 0 Å². The average molecular weight is 590 g/mol. The summed E-state index contributed by atoms with van der Waals surface area (Å²) in [6.07, 6.45) is 11.6. The summed E-state index contributed by atoms with van der Waals surface area (Å²) in [5.74, 6) is 0. The SMILES string of the molecule is CCC1=C(CC)C2=C(C=O)c3c(CC)c(CC)c(n3CC)C(CC)=C3C=CC(=N3)C3=c4[nH]c(c(CC)c4CC)=C(C1=N2)N3C. The first-order valence-electron chi connectivity index (χ1n) is 16.9. The molecule has 0 aliphatic carbocycles. The van der Waals surface area contributed by atoms with Crippen molar-refractivity contribution in [3.63, 3.8) is 0 Å².